The molecule has 0 unspecified atom stereocenters. The summed E-state index contributed by atoms with van der Waals surface area (Å²) in [6.07, 6.45) is 5.41. The fourth-order valence-corrected chi connectivity index (χ4v) is 2.61. The lowest BCUT2D eigenvalue weighted by Crippen LogP contribution is -2.37. The van der Waals surface area contributed by atoms with Crippen LogP contribution < -0.4 is 0 Å². The number of aromatic nitrogens is 3. The third kappa shape index (κ3) is 3.83. The van der Waals surface area contributed by atoms with E-state index in [0.29, 0.717) is 11.2 Å². The van der Waals surface area contributed by atoms with Crippen LogP contribution >= 0.6 is 11.8 Å². The van der Waals surface area contributed by atoms with E-state index in [1.54, 1.807) is 6.33 Å². The van der Waals surface area contributed by atoms with Crippen LogP contribution in [-0.2, 0) is 9.59 Å². The largest absolute Gasteiger partial charge is 0.480 e. The van der Waals surface area contributed by atoms with E-state index in [0.717, 1.165) is 12.8 Å². The summed E-state index contributed by atoms with van der Waals surface area (Å²) < 4.78 is 1.97. The van der Waals surface area contributed by atoms with Crippen molar-refractivity contribution in [1.29, 1.82) is 0 Å². The lowest BCUT2D eigenvalue weighted by molar-refractivity contribution is -0.143. The number of rotatable bonds is 8. The van der Waals surface area contributed by atoms with Gasteiger partial charge in [-0.2, -0.15) is 0 Å². The Hall–Kier alpha value is -1.83. The number of amides is 1. The van der Waals surface area contributed by atoms with Gasteiger partial charge in [0, 0.05) is 12.6 Å². The van der Waals surface area contributed by atoms with Crippen LogP contribution in [0.25, 0.3) is 0 Å². The number of hydrogen-bond donors (Lipinski definition) is 1. The van der Waals surface area contributed by atoms with E-state index in [9.17, 15) is 9.59 Å². The maximum atomic E-state index is 12.0. The Morgan fingerprint density at radius 3 is 2.95 bits per heavy atom. The Balaban J connectivity index is 1.90. The second-order valence-electron chi connectivity index (χ2n) is 4.50. The molecule has 1 saturated carbocycles. The lowest BCUT2D eigenvalue weighted by atomic mass is 10.4. The molecule has 1 amide bonds. The second-order valence-corrected chi connectivity index (χ2v) is 5.44. The smallest absolute Gasteiger partial charge is 0.323 e. The molecule has 8 heteroatoms. The molecule has 1 heterocycles. The van der Waals surface area contributed by atoms with E-state index in [1.165, 1.54) is 22.7 Å². The fourth-order valence-electron chi connectivity index (χ4n) is 1.73. The predicted molar refractivity (Wildman–Crippen MR) is 73.4 cm³/mol. The van der Waals surface area contributed by atoms with Gasteiger partial charge in [-0.15, -0.1) is 16.8 Å². The molecule has 0 spiro atoms. The molecule has 1 aromatic heterocycles. The summed E-state index contributed by atoms with van der Waals surface area (Å²) in [6, 6.07) is 0.450. The highest BCUT2D eigenvalue weighted by Crippen LogP contribution is 2.37. The van der Waals surface area contributed by atoms with Crippen LogP contribution in [-0.4, -0.2) is 55.5 Å². The van der Waals surface area contributed by atoms with Crippen molar-refractivity contribution in [2.45, 2.75) is 24.0 Å². The normalized spacial score (nSPS) is 14.0. The van der Waals surface area contributed by atoms with Gasteiger partial charge in [-0.1, -0.05) is 17.8 Å². The molecule has 7 nitrogen and oxygen atoms in total. The number of hydrogen-bond acceptors (Lipinski definition) is 5. The molecule has 0 aromatic carbocycles. The third-order valence-corrected chi connectivity index (χ3v) is 3.78. The lowest BCUT2D eigenvalue weighted by Gasteiger charge is -2.18. The molecule has 1 aromatic rings. The molecule has 1 fully saturated rings. The van der Waals surface area contributed by atoms with E-state index < -0.39 is 5.97 Å². The number of carboxylic acids is 1. The van der Waals surface area contributed by atoms with Gasteiger partial charge in [0.15, 0.2) is 5.16 Å². The summed E-state index contributed by atoms with van der Waals surface area (Å²) in [4.78, 5) is 24.0. The molecular formula is C12H16N4O3S. The quantitative estimate of drug-likeness (QED) is 0.564. The molecule has 0 radical (unpaired) electrons. The number of nitrogens with zero attached hydrogens (tertiary/aromatic N) is 4. The third-order valence-electron chi connectivity index (χ3n) is 2.83. The van der Waals surface area contributed by atoms with Crippen molar-refractivity contribution in [1.82, 2.24) is 19.7 Å². The number of carbonyl (C=O) groups is 2. The Labute approximate surface area is 120 Å². The standard InChI is InChI=1S/C12H16N4O3S/c1-2-5-15(6-11(18)19)10(17)7-20-12-14-13-8-16(12)9-3-4-9/h2,8-9H,1,3-7H2,(H,18,19). The molecule has 1 N–H and O–H groups in total. The molecular weight excluding hydrogens is 280 g/mol. The minimum Gasteiger partial charge on any atom is -0.480 e. The number of carboxylic acid groups (broad SMARTS) is 1. The first kappa shape index (κ1) is 14.6. The van der Waals surface area contributed by atoms with E-state index in [4.69, 9.17) is 5.11 Å². The van der Waals surface area contributed by atoms with Crippen molar-refractivity contribution in [3.8, 4) is 0 Å². The fraction of sp³-hybridized carbons (Fsp3) is 0.500. The zero-order valence-corrected chi connectivity index (χ0v) is 11.8. The Bertz CT molecular complexity index is 513. The highest BCUT2D eigenvalue weighted by molar-refractivity contribution is 7.99. The summed E-state index contributed by atoms with van der Waals surface area (Å²) in [6.45, 7) is 3.43. The first-order valence-electron chi connectivity index (χ1n) is 6.24. The average Bonchev–Trinajstić information content (AvgIpc) is 3.14. The van der Waals surface area contributed by atoms with Crippen LogP contribution in [0.15, 0.2) is 24.1 Å². The van der Waals surface area contributed by atoms with Gasteiger partial charge in [0.05, 0.1) is 5.75 Å². The topological polar surface area (TPSA) is 88.3 Å². The van der Waals surface area contributed by atoms with Crippen molar-refractivity contribution in [3.05, 3.63) is 19.0 Å². The SMILES string of the molecule is C=CCN(CC(=O)O)C(=O)CSc1nncn1C1CC1. The number of thioether (sulfide) groups is 1. The first-order valence-corrected chi connectivity index (χ1v) is 7.23. The average molecular weight is 296 g/mol. The van der Waals surface area contributed by atoms with Gasteiger partial charge in [-0.05, 0) is 12.8 Å². The van der Waals surface area contributed by atoms with Gasteiger partial charge >= 0.3 is 5.97 Å². The maximum absolute atomic E-state index is 12.0. The van der Waals surface area contributed by atoms with Crippen LogP contribution in [0.1, 0.15) is 18.9 Å². The summed E-state index contributed by atoms with van der Waals surface area (Å²) in [5, 5.41) is 17.3. The molecule has 20 heavy (non-hydrogen) atoms. The van der Waals surface area contributed by atoms with Gasteiger partial charge in [-0.25, -0.2) is 0 Å². The van der Waals surface area contributed by atoms with Gasteiger partial charge < -0.3 is 14.6 Å². The van der Waals surface area contributed by atoms with Crippen molar-refractivity contribution >= 4 is 23.6 Å². The van der Waals surface area contributed by atoms with E-state index in [1.807, 2.05) is 4.57 Å². The zero-order chi connectivity index (χ0) is 14.5. The molecule has 0 bridgehead atoms. The predicted octanol–water partition coefficient (Wildman–Crippen LogP) is 0.804. The van der Waals surface area contributed by atoms with Crippen molar-refractivity contribution in [3.63, 3.8) is 0 Å². The summed E-state index contributed by atoms with van der Waals surface area (Å²) in [5.74, 6) is -1.14. The van der Waals surface area contributed by atoms with Crippen LogP contribution in [0.3, 0.4) is 0 Å². The summed E-state index contributed by atoms with van der Waals surface area (Å²) in [7, 11) is 0. The first-order chi connectivity index (χ1) is 9.61. The summed E-state index contributed by atoms with van der Waals surface area (Å²) in [5.41, 5.74) is 0. The summed E-state index contributed by atoms with van der Waals surface area (Å²) >= 11 is 1.28. The van der Waals surface area contributed by atoms with Gasteiger partial charge in [0.1, 0.15) is 12.9 Å². The van der Waals surface area contributed by atoms with Crippen molar-refractivity contribution in [2.75, 3.05) is 18.8 Å². The van der Waals surface area contributed by atoms with E-state index >= 15 is 0 Å². The van der Waals surface area contributed by atoms with Gasteiger partial charge in [-0.3, -0.25) is 9.59 Å². The Kier molecular flexibility index (Phi) is 4.78. The monoisotopic (exact) mass is 296 g/mol. The number of aliphatic carboxylic acids is 1. The van der Waals surface area contributed by atoms with Crippen LogP contribution in [0.4, 0.5) is 0 Å². The molecule has 1 aliphatic rings. The molecule has 108 valence electrons. The second kappa shape index (κ2) is 6.56. The number of carbonyl (C=O) groups excluding carboxylic acids is 1. The Morgan fingerprint density at radius 2 is 2.35 bits per heavy atom. The van der Waals surface area contributed by atoms with Gasteiger partial charge in [0.2, 0.25) is 5.91 Å². The zero-order valence-electron chi connectivity index (χ0n) is 10.9. The van der Waals surface area contributed by atoms with Crippen LogP contribution in [0.2, 0.25) is 0 Å². The molecule has 1 aliphatic carbocycles. The highest BCUT2D eigenvalue weighted by Gasteiger charge is 2.26. The van der Waals surface area contributed by atoms with Crippen LogP contribution in [0.5, 0.6) is 0 Å². The maximum Gasteiger partial charge on any atom is 0.323 e. The van der Waals surface area contributed by atoms with Crippen LogP contribution in [0, 0.1) is 0 Å². The Morgan fingerprint density at radius 1 is 1.60 bits per heavy atom. The minimum absolute atomic E-state index is 0.145. The van der Waals surface area contributed by atoms with Gasteiger partial charge in [0.25, 0.3) is 0 Å². The highest BCUT2D eigenvalue weighted by atomic mass is 32.2. The van der Waals surface area contributed by atoms with E-state index in [2.05, 4.69) is 16.8 Å². The molecule has 0 aliphatic heterocycles. The van der Waals surface area contributed by atoms with E-state index in [-0.39, 0.29) is 24.7 Å². The van der Waals surface area contributed by atoms with Crippen molar-refractivity contribution < 1.29 is 14.7 Å². The van der Waals surface area contributed by atoms with Crippen molar-refractivity contribution in [2.24, 2.45) is 0 Å². The minimum atomic E-state index is -1.04. The molecule has 0 atom stereocenters. The molecule has 2 rings (SSSR count). The molecule has 0 saturated heterocycles.